The van der Waals surface area contributed by atoms with Crippen molar-refractivity contribution in [2.45, 2.75) is 19.2 Å². The number of alkyl halides is 1. The molecule has 1 aromatic carbocycles. The van der Waals surface area contributed by atoms with Gasteiger partial charge in [0.2, 0.25) is 0 Å². The molecule has 20 heavy (non-hydrogen) atoms. The topological polar surface area (TPSA) is 35.6 Å². The summed E-state index contributed by atoms with van der Waals surface area (Å²) in [5.41, 5.74) is 3.71. The second kappa shape index (κ2) is 4.79. The molecule has 1 atom stereocenters. The molecule has 0 aliphatic carbocycles. The summed E-state index contributed by atoms with van der Waals surface area (Å²) in [5.74, 6) is 0.792. The first-order valence-electron chi connectivity index (χ1n) is 6.30. The molecule has 4 nitrogen and oxygen atoms in total. The molecule has 0 spiro atoms. The van der Waals surface area contributed by atoms with E-state index in [2.05, 4.69) is 10.1 Å². The first-order chi connectivity index (χ1) is 9.47. The van der Waals surface area contributed by atoms with Crippen LogP contribution in [-0.2, 0) is 7.05 Å². The maximum atomic E-state index is 6.29. The Morgan fingerprint density at radius 1 is 1.30 bits per heavy atom. The van der Waals surface area contributed by atoms with E-state index >= 15 is 0 Å². The number of hydrogen-bond acceptors (Lipinski definition) is 2. The zero-order chi connectivity index (χ0) is 14.4. The van der Waals surface area contributed by atoms with Crippen LogP contribution < -0.4 is 0 Å². The van der Waals surface area contributed by atoms with E-state index in [-0.39, 0.29) is 5.38 Å². The maximum absolute atomic E-state index is 6.29. The van der Waals surface area contributed by atoms with E-state index in [0.717, 1.165) is 28.2 Å². The van der Waals surface area contributed by atoms with Gasteiger partial charge in [-0.15, -0.1) is 11.6 Å². The van der Waals surface area contributed by atoms with Gasteiger partial charge >= 0.3 is 0 Å². The van der Waals surface area contributed by atoms with Crippen molar-refractivity contribution in [1.82, 2.24) is 19.3 Å². The standard InChI is InChI=1S/C14H14Cl2N4/c1-8(15)14-17-11-5-4-10(16)6-12(11)20(14)13-7-19(3)18-9(13)2/h4-8H,1-3H3. The van der Waals surface area contributed by atoms with Gasteiger partial charge in [0.05, 0.1) is 27.8 Å². The minimum Gasteiger partial charge on any atom is -0.292 e. The molecular formula is C14H14Cl2N4. The summed E-state index contributed by atoms with van der Waals surface area (Å²) in [6, 6.07) is 5.64. The fourth-order valence-corrected chi connectivity index (χ4v) is 2.71. The molecule has 0 aliphatic rings. The zero-order valence-corrected chi connectivity index (χ0v) is 12.9. The van der Waals surface area contributed by atoms with Crippen molar-refractivity contribution < 1.29 is 0 Å². The molecule has 0 fully saturated rings. The van der Waals surface area contributed by atoms with Crippen LogP contribution in [0.25, 0.3) is 16.7 Å². The first-order valence-corrected chi connectivity index (χ1v) is 7.11. The highest BCUT2D eigenvalue weighted by Crippen LogP contribution is 2.30. The highest BCUT2D eigenvalue weighted by atomic mass is 35.5. The van der Waals surface area contributed by atoms with E-state index in [1.165, 1.54) is 0 Å². The van der Waals surface area contributed by atoms with Crippen molar-refractivity contribution in [2.75, 3.05) is 0 Å². The van der Waals surface area contributed by atoms with Gasteiger partial charge in [-0.1, -0.05) is 11.6 Å². The van der Waals surface area contributed by atoms with Gasteiger partial charge < -0.3 is 0 Å². The molecule has 0 saturated heterocycles. The van der Waals surface area contributed by atoms with Crippen molar-refractivity contribution in [3.63, 3.8) is 0 Å². The van der Waals surface area contributed by atoms with Crippen LogP contribution in [0.3, 0.4) is 0 Å². The number of nitrogens with zero attached hydrogens (tertiary/aromatic N) is 4. The predicted molar refractivity (Wildman–Crippen MR) is 81.9 cm³/mol. The van der Waals surface area contributed by atoms with Gasteiger partial charge in [-0.05, 0) is 32.0 Å². The molecule has 6 heteroatoms. The third kappa shape index (κ3) is 2.09. The van der Waals surface area contributed by atoms with Crippen LogP contribution in [0, 0.1) is 6.92 Å². The molecule has 0 bridgehead atoms. The van der Waals surface area contributed by atoms with Gasteiger partial charge in [-0.2, -0.15) is 5.10 Å². The lowest BCUT2D eigenvalue weighted by Crippen LogP contribution is -2.02. The Morgan fingerprint density at radius 2 is 2.05 bits per heavy atom. The minimum absolute atomic E-state index is 0.208. The summed E-state index contributed by atoms with van der Waals surface area (Å²) >= 11 is 12.4. The Labute approximate surface area is 126 Å². The Hall–Kier alpha value is -1.52. The molecule has 3 aromatic rings. The van der Waals surface area contributed by atoms with E-state index in [0.29, 0.717) is 5.02 Å². The van der Waals surface area contributed by atoms with Crippen molar-refractivity contribution >= 4 is 34.2 Å². The molecule has 0 radical (unpaired) electrons. The number of aromatic nitrogens is 4. The molecule has 1 unspecified atom stereocenters. The monoisotopic (exact) mass is 308 g/mol. The van der Waals surface area contributed by atoms with Crippen molar-refractivity contribution in [3.05, 3.63) is 40.9 Å². The zero-order valence-electron chi connectivity index (χ0n) is 11.4. The number of benzene rings is 1. The van der Waals surface area contributed by atoms with Gasteiger partial charge in [-0.3, -0.25) is 9.25 Å². The SMILES string of the molecule is Cc1nn(C)cc1-n1c(C(C)Cl)nc2ccc(Cl)cc21. The van der Waals surface area contributed by atoms with E-state index in [1.807, 2.05) is 49.9 Å². The number of fused-ring (bicyclic) bond motifs is 1. The molecule has 2 heterocycles. The lowest BCUT2D eigenvalue weighted by atomic mass is 10.3. The van der Waals surface area contributed by atoms with E-state index in [1.54, 1.807) is 4.68 Å². The highest BCUT2D eigenvalue weighted by molar-refractivity contribution is 6.31. The van der Waals surface area contributed by atoms with Gasteiger partial charge in [0.25, 0.3) is 0 Å². The third-order valence-corrected chi connectivity index (χ3v) is 3.66. The maximum Gasteiger partial charge on any atom is 0.132 e. The summed E-state index contributed by atoms with van der Waals surface area (Å²) in [7, 11) is 1.90. The van der Waals surface area contributed by atoms with E-state index < -0.39 is 0 Å². The van der Waals surface area contributed by atoms with Crippen molar-refractivity contribution in [3.8, 4) is 5.69 Å². The molecule has 3 rings (SSSR count). The molecular weight excluding hydrogens is 295 g/mol. The van der Waals surface area contributed by atoms with Gasteiger partial charge in [0.15, 0.2) is 0 Å². The molecule has 2 aromatic heterocycles. The van der Waals surface area contributed by atoms with Crippen LogP contribution in [0.1, 0.15) is 23.8 Å². The highest BCUT2D eigenvalue weighted by Gasteiger charge is 2.19. The smallest absolute Gasteiger partial charge is 0.132 e. The number of halogens is 2. The van der Waals surface area contributed by atoms with Crippen LogP contribution in [0.4, 0.5) is 0 Å². The first kappa shape index (κ1) is 13.5. The molecule has 0 aliphatic heterocycles. The molecule has 0 N–H and O–H groups in total. The fourth-order valence-electron chi connectivity index (χ4n) is 2.39. The Balaban J connectivity index is 2.39. The predicted octanol–water partition coefficient (Wildman–Crippen LogP) is 4.02. The van der Waals surface area contributed by atoms with Crippen LogP contribution in [0.2, 0.25) is 5.02 Å². The summed E-state index contributed by atoms with van der Waals surface area (Å²) in [6.45, 7) is 3.88. The second-order valence-corrected chi connectivity index (χ2v) is 5.92. The quantitative estimate of drug-likeness (QED) is 0.670. The fraction of sp³-hybridized carbons (Fsp3) is 0.286. The van der Waals surface area contributed by atoms with Crippen molar-refractivity contribution in [1.29, 1.82) is 0 Å². The molecule has 0 saturated carbocycles. The number of aryl methyl sites for hydroxylation is 2. The van der Waals surface area contributed by atoms with Crippen molar-refractivity contribution in [2.24, 2.45) is 7.05 Å². The van der Waals surface area contributed by atoms with Gasteiger partial charge in [0.1, 0.15) is 5.82 Å². The lowest BCUT2D eigenvalue weighted by Gasteiger charge is -2.09. The Kier molecular flexibility index (Phi) is 3.22. The molecule has 104 valence electrons. The Bertz CT molecular complexity index is 786. The van der Waals surface area contributed by atoms with Crippen LogP contribution in [0.5, 0.6) is 0 Å². The summed E-state index contributed by atoms with van der Waals surface area (Å²) in [4.78, 5) is 4.62. The minimum atomic E-state index is -0.208. The van der Waals surface area contributed by atoms with E-state index in [9.17, 15) is 0 Å². The summed E-state index contributed by atoms with van der Waals surface area (Å²) < 4.78 is 3.81. The average molecular weight is 309 g/mol. The normalized spacial score (nSPS) is 13.1. The summed E-state index contributed by atoms with van der Waals surface area (Å²) in [6.07, 6.45) is 1.96. The van der Waals surface area contributed by atoms with Gasteiger partial charge in [-0.25, -0.2) is 4.98 Å². The molecule has 0 amide bonds. The number of rotatable bonds is 2. The largest absolute Gasteiger partial charge is 0.292 e. The van der Waals surface area contributed by atoms with Crippen LogP contribution >= 0.6 is 23.2 Å². The Morgan fingerprint density at radius 3 is 2.65 bits per heavy atom. The van der Waals surface area contributed by atoms with Gasteiger partial charge in [0, 0.05) is 18.3 Å². The van der Waals surface area contributed by atoms with E-state index in [4.69, 9.17) is 23.2 Å². The van der Waals surface area contributed by atoms with Crippen LogP contribution in [-0.4, -0.2) is 19.3 Å². The summed E-state index contributed by atoms with van der Waals surface area (Å²) in [5, 5.41) is 4.86. The number of hydrogen-bond donors (Lipinski definition) is 0. The van der Waals surface area contributed by atoms with Crippen LogP contribution in [0.15, 0.2) is 24.4 Å². The lowest BCUT2D eigenvalue weighted by molar-refractivity contribution is 0.756. The number of imidazole rings is 1. The average Bonchev–Trinajstić information content (AvgIpc) is 2.88. The third-order valence-electron chi connectivity index (χ3n) is 3.23. The second-order valence-electron chi connectivity index (χ2n) is 4.83.